The molecule has 0 amide bonds. The van der Waals surface area contributed by atoms with E-state index in [1.165, 1.54) is 24.0 Å². The molecule has 3 rings (SSSR count). The molecule has 18 heavy (non-hydrogen) atoms. The van der Waals surface area contributed by atoms with Gasteiger partial charge in [-0.15, -0.1) is 0 Å². The van der Waals surface area contributed by atoms with Crippen molar-refractivity contribution in [1.29, 1.82) is 0 Å². The van der Waals surface area contributed by atoms with Crippen LogP contribution in [0.5, 0.6) is 0 Å². The molecule has 0 atom stereocenters. The van der Waals surface area contributed by atoms with Gasteiger partial charge in [0.2, 0.25) is 0 Å². The molecule has 0 saturated carbocycles. The van der Waals surface area contributed by atoms with E-state index in [-0.39, 0.29) is 5.82 Å². The van der Waals surface area contributed by atoms with Crippen molar-refractivity contribution in [3.63, 3.8) is 0 Å². The van der Waals surface area contributed by atoms with Crippen molar-refractivity contribution in [3.05, 3.63) is 34.9 Å². The predicted octanol–water partition coefficient (Wildman–Crippen LogP) is 2.35. The van der Waals surface area contributed by atoms with Crippen molar-refractivity contribution in [3.8, 4) is 11.3 Å². The van der Waals surface area contributed by atoms with Gasteiger partial charge in [-0.2, -0.15) is 5.10 Å². The van der Waals surface area contributed by atoms with E-state index < -0.39 is 0 Å². The minimum atomic E-state index is 0.262. The molecule has 2 aromatic rings. The second-order valence-corrected chi connectivity index (χ2v) is 4.71. The van der Waals surface area contributed by atoms with Gasteiger partial charge in [-0.3, -0.25) is 9.89 Å². The van der Waals surface area contributed by atoms with Crippen molar-refractivity contribution in [1.82, 2.24) is 10.2 Å². The lowest BCUT2D eigenvalue weighted by atomic mass is 9.89. The minimum Gasteiger partial charge on any atom is -0.382 e. The number of aromatic nitrogens is 2. The second kappa shape index (κ2) is 4.29. The van der Waals surface area contributed by atoms with E-state index >= 15 is 0 Å². The largest absolute Gasteiger partial charge is 0.382 e. The van der Waals surface area contributed by atoms with Crippen LogP contribution in [0.2, 0.25) is 0 Å². The van der Waals surface area contributed by atoms with Crippen molar-refractivity contribution < 1.29 is 4.79 Å². The van der Waals surface area contributed by atoms with Crippen molar-refractivity contribution in [2.24, 2.45) is 0 Å². The highest BCUT2D eigenvalue weighted by Gasteiger charge is 2.15. The number of hydrogen-bond donors (Lipinski definition) is 2. The summed E-state index contributed by atoms with van der Waals surface area (Å²) in [6.45, 7) is 0. The molecule has 0 aliphatic heterocycles. The molecule has 1 aliphatic carbocycles. The van der Waals surface area contributed by atoms with Crippen molar-refractivity contribution in [2.45, 2.75) is 25.7 Å². The molecule has 0 radical (unpaired) electrons. The fourth-order valence-corrected chi connectivity index (χ4v) is 2.59. The molecule has 0 saturated heterocycles. The molecule has 92 valence electrons. The van der Waals surface area contributed by atoms with E-state index in [4.69, 9.17) is 5.73 Å². The highest BCUT2D eigenvalue weighted by atomic mass is 16.1. The Morgan fingerprint density at radius 1 is 1.22 bits per heavy atom. The Morgan fingerprint density at radius 2 is 2.00 bits per heavy atom. The van der Waals surface area contributed by atoms with E-state index in [9.17, 15) is 4.79 Å². The minimum absolute atomic E-state index is 0.262. The van der Waals surface area contributed by atoms with Crippen LogP contribution in [0, 0.1) is 0 Å². The maximum absolute atomic E-state index is 11.0. The van der Waals surface area contributed by atoms with Crippen LogP contribution in [0.3, 0.4) is 0 Å². The van der Waals surface area contributed by atoms with E-state index in [0.29, 0.717) is 5.56 Å². The molecule has 0 fully saturated rings. The number of nitrogens with two attached hydrogens (primary N) is 1. The maximum atomic E-state index is 11.0. The van der Waals surface area contributed by atoms with Gasteiger partial charge in [-0.05, 0) is 42.9 Å². The number of benzene rings is 1. The Balaban J connectivity index is 2.09. The molecule has 4 nitrogen and oxygen atoms in total. The van der Waals surface area contributed by atoms with Gasteiger partial charge in [-0.25, -0.2) is 0 Å². The second-order valence-electron chi connectivity index (χ2n) is 4.71. The summed E-state index contributed by atoms with van der Waals surface area (Å²) in [4.78, 5) is 11.0. The molecule has 1 aliphatic rings. The lowest BCUT2D eigenvalue weighted by Gasteiger charge is -2.16. The van der Waals surface area contributed by atoms with Gasteiger partial charge in [0.05, 0.1) is 11.3 Å². The number of aryl methyl sites for hydroxylation is 2. The Hall–Kier alpha value is -2.10. The Kier molecular flexibility index (Phi) is 2.63. The maximum Gasteiger partial charge on any atom is 0.156 e. The number of hydrogen-bond acceptors (Lipinski definition) is 3. The number of H-pyrrole nitrogens is 1. The first-order chi connectivity index (χ1) is 8.79. The summed E-state index contributed by atoms with van der Waals surface area (Å²) in [7, 11) is 0. The van der Waals surface area contributed by atoms with Crippen LogP contribution in [0.1, 0.15) is 34.3 Å². The number of rotatable bonds is 2. The zero-order valence-electron chi connectivity index (χ0n) is 10.1. The number of nitrogens with one attached hydrogen (secondary N) is 1. The normalized spacial score (nSPS) is 14.2. The molecule has 0 unspecified atom stereocenters. The molecule has 1 aromatic carbocycles. The van der Waals surface area contributed by atoms with E-state index in [2.05, 4.69) is 22.3 Å². The van der Waals surface area contributed by atoms with Crippen molar-refractivity contribution >= 4 is 12.1 Å². The number of nitrogens with zero attached hydrogens (tertiary/aromatic N) is 1. The summed E-state index contributed by atoms with van der Waals surface area (Å²) in [5.41, 5.74) is 10.6. The summed E-state index contributed by atoms with van der Waals surface area (Å²) >= 11 is 0. The summed E-state index contributed by atoms with van der Waals surface area (Å²) in [6, 6.07) is 6.33. The fourth-order valence-electron chi connectivity index (χ4n) is 2.59. The zero-order valence-corrected chi connectivity index (χ0v) is 10.1. The number of carbonyl (C=O) groups excluding carboxylic acids is 1. The van der Waals surface area contributed by atoms with Gasteiger partial charge in [0.25, 0.3) is 0 Å². The van der Waals surface area contributed by atoms with Gasteiger partial charge in [0, 0.05) is 5.56 Å². The molecule has 4 heteroatoms. The van der Waals surface area contributed by atoms with Crippen LogP contribution in [0.4, 0.5) is 5.82 Å². The first kappa shape index (κ1) is 11.0. The number of carbonyl (C=O) groups is 1. The van der Waals surface area contributed by atoms with Crippen LogP contribution < -0.4 is 5.73 Å². The molecule has 3 N–H and O–H groups in total. The first-order valence-corrected chi connectivity index (χ1v) is 6.21. The number of fused-ring (bicyclic) bond motifs is 1. The van der Waals surface area contributed by atoms with Crippen molar-refractivity contribution in [2.75, 3.05) is 5.73 Å². The molecule has 1 heterocycles. The zero-order chi connectivity index (χ0) is 12.5. The summed E-state index contributed by atoms with van der Waals surface area (Å²) in [5, 5.41) is 6.74. The topological polar surface area (TPSA) is 71.8 Å². The third kappa shape index (κ3) is 1.70. The van der Waals surface area contributed by atoms with Crippen LogP contribution in [-0.4, -0.2) is 16.5 Å². The Labute approximate surface area is 105 Å². The predicted molar refractivity (Wildman–Crippen MR) is 70.5 cm³/mol. The Morgan fingerprint density at radius 3 is 2.78 bits per heavy atom. The highest BCUT2D eigenvalue weighted by Crippen LogP contribution is 2.29. The third-order valence-corrected chi connectivity index (χ3v) is 3.59. The summed E-state index contributed by atoms with van der Waals surface area (Å²) in [6.07, 6.45) is 5.53. The molecule has 0 spiro atoms. The average molecular weight is 241 g/mol. The van der Waals surface area contributed by atoms with Crippen LogP contribution in [0.15, 0.2) is 18.2 Å². The van der Waals surface area contributed by atoms with E-state index in [1.807, 2.05) is 6.07 Å². The molecule has 0 bridgehead atoms. The van der Waals surface area contributed by atoms with Crippen LogP contribution in [-0.2, 0) is 12.8 Å². The number of aromatic amines is 1. The van der Waals surface area contributed by atoms with E-state index in [1.54, 1.807) is 0 Å². The standard InChI is InChI=1S/C14H15N3O/c15-14-12(8-18)13(16-17-14)11-6-5-9-3-1-2-4-10(9)7-11/h5-8H,1-4H2,(H3,15,16,17). The van der Waals surface area contributed by atoms with Gasteiger partial charge >= 0.3 is 0 Å². The van der Waals surface area contributed by atoms with E-state index in [0.717, 1.165) is 30.4 Å². The number of nitrogen functional groups attached to an aromatic ring is 1. The summed E-state index contributed by atoms with van der Waals surface area (Å²) in [5.74, 6) is 0.262. The van der Waals surface area contributed by atoms with Crippen LogP contribution in [0.25, 0.3) is 11.3 Å². The Bertz CT molecular complexity index is 601. The van der Waals surface area contributed by atoms with Gasteiger partial charge in [-0.1, -0.05) is 12.1 Å². The molecule has 1 aromatic heterocycles. The lowest BCUT2D eigenvalue weighted by Crippen LogP contribution is -2.02. The van der Waals surface area contributed by atoms with Gasteiger partial charge < -0.3 is 5.73 Å². The molecular formula is C14H15N3O. The number of aldehydes is 1. The smallest absolute Gasteiger partial charge is 0.156 e. The lowest BCUT2D eigenvalue weighted by molar-refractivity contribution is 0.112. The van der Waals surface area contributed by atoms with Gasteiger partial charge in [0.1, 0.15) is 0 Å². The number of anilines is 1. The van der Waals surface area contributed by atoms with Crippen LogP contribution >= 0.6 is 0 Å². The third-order valence-electron chi connectivity index (χ3n) is 3.59. The SMILES string of the molecule is Nc1n[nH]c(-c2ccc3c(c2)CCCC3)c1C=O. The first-order valence-electron chi connectivity index (χ1n) is 6.21. The monoisotopic (exact) mass is 241 g/mol. The average Bonchev–Trinajstić information content (AvgIpc) is 2.79. The highest BCUT2D eigenvalue weighted by molar-refractivity contribution is 5.91. The fraction of sp³-hybridized carbons (Fsp3) is 0.286. The molecular weight excluding hydrogens is 226 g/mol. The van der Waals surface area contributed by atoms with Gasteiger partial charge in [0.15, 0.2) is 12.1 Å². The summed E-state index contributed by atoms with van der Waals surface area (Å²) < 4.78 is 0. The quantitative estimate of drug-likeness (QED) is 0.793.